The van der Waals surface area contributed by atoms with E-state index in [0.29, 0.717) is 22.8 Å². The van der Waals surface area contributed by atoms with Crippen LogP contribution in [-0.4, -0.2) is 85.1 Å². The fraction of sp³-hybridized carbons (Fsp3) is 0.298. The summed E-state index contributed by atoms with van der Waals surface area (Å²) in [5.41, 5.74) is 9.93. The predicted molar refractivity (Wildman–Crippen MR) is 250 cm³/mol. The smallest absolute Gasteiger partial charge is 0.323 e. The Labute approximate surface area is 358 Å². The highest BCUT2D eigenvalue weighted by Crippen LogP contribution is 2.26. The zero-order valence-corrected chi connectivity index (χ0v) is 34.2. The molecule has 0 aliphatic carbocycles. The Kier molecular flexibility index (Phi) is 13.0. The molecule has 0 atom stereocenters. The van der Waals surface area contributed by atoms with E-state index in [1.807, 2.05) is 109 Å². The third-order valence-electron chi connectivity index (χ3n) is 11.0. The van der Waals surface area contributed by atoms with E-state index in [-0.39, 0.29) is 11.7 Å². The SMILES string of the molecule is C=C(CCCN1CCCC1)Nc1cccc(-n2cc(-c3cccc(NC(=O)Nc4cccc(-c5cn(-c6cccc(NC(=C)CCCN7CCCC7)c6)nn5)c4)c3)nn2)c1.[HH].[HH].[HH].[HH]. The van der Waals surface area contributed by atoms with E-state index in [0.717, 1.165) is 84.0 Å². The molecule has 8 rings (SSSR count). The molecule has 0 radical (unpaired) electrons. The number of aromatic nitrogens is 6. The fourth-order valence-electron chi connectivity index (χ4n) is 7.88. The van der Waals surface area contributed by atoms with Gasteiger partial charge >= 0.3 is 6.03 Å². The van der Waals surface area contributed by atoms with Gasteiger partial charge in [0.05, 0.1) is 23.8 Å². The number of allylic oxidation sites excluding steroid dienone is 2. The molecule has 2 aliphatic heterocycles. The van der Waals surface area contributed by atoms with Crippen LogP contribution in [0.4, 0.5) is 27.5 Å². The summed E-state index contributed by atoms with van der Waals surface area (Å²) < 4.78 is 3.50. The zero-order valence-electron chi connectivity index (χ0n) is 34.2. The van der Waals surface area contributed by atoms with Gasteiger partial charge in [-0.2, -0.15) is 0 Å². The van der Waals surface area contributed by atoms with Crippen molar-refractivity contribution in [2.75, 3.05) is 60.5 Å². The van der Waals surface area contributed by atoms with Crippen molar-refractivity contribution in [3.8, 4) is 33.9 Å². The zero-order chi connectivity index (χ0) is 41.1. The molecule has 0 bridgehead atoms. The van der Waals surface area contributed by atoms with Gasteiger partial charge in [0.15, 0.2) is 0 Å². The van der Waals surface area contributed by atoms with Crippen LogP contribution in [0.3, 0.4) is 0 Å². The van der Waals surface area contributed by atoms with E-state index in [9.17, 15) is 4.79 Å². The number of hydrogen-bond acceptors (Lipinski definition) is 9. The largest absolute Gasteiger partial charge is 0.359 e. The van der Waals surface area contributed by atoms with Crippen molar-refractivity contribution in [3.63, 3.8) is 0 Å². The summed E-state index contributed by atoms with van der Waals surface area (Å²) in [7, 11) is 0. The number of nitrogens with one attached hydrogen (secondary N) is 4. The number of carbonyl (C=O) groups excluding carboxylic acids is 1. The van der Waals surface area contributed by atoms with Gasteiger partial charge in [-0.25, -0.2) is 14.2 Å². The van der Waals surface area contributed by atoms with Gasteiger partial charge in [0.25, 0.3) is 0 Å². The number of benzene rings is 4. The molecule has 13 nitrogen and oxygen atoms in total. The third kappa shape index (κ3) is 10.9. The summed E-state index contributed by atoms with van der Waals surface area (Å²) >= 11 is 0. The molecule has 4 N–H and O–H groups in total. The molecule has 4 heterocycles. The summed E-state index contributed by atoms with van der Waals surface area (Å²) in [6, 6.07) is 30.8. The Morgan fingerprint density at radius 2 is 0.950 bits per heavy atom. The Morgan fingerprint density at radius 3 is 1.38 bits per heavy atom. The van der Waals surface area contributed by atoms with Crippen LogP contribution in [0.5, 0.6) is 0 Å². The van der Waals surface area contributed by atoms with Gasteiger partial charge in [-0.05, 0) is 151 Å². The average Bonchev–Trinajstić information content (AvgIpc) is 4.11. The Balaban J connectivity index is 0.00000224. The monoisotopic (exact) mass is 811 g/mol. The maximum Gasteiger partial charge on any atom is 0.323 e. The van der Waals surface area contributed by atoms with E-state index in [1.54, 1.807) is 9.36 Å². The van der Waals surface area contributed by atoms with Crippen LogP contribution in [0, 0.1) is 0 Å². The summed E-state index contributed by atoms with van der Waals surface area (Å²) in [6.07, 6.45) is 13.1. The van der Waals surface area contributed by atoms with E-state index < -0.39 is 0 Å². The van der Waals surface area contributed by atoms with Crippen LogP contribution in [0.25, 0.3) is 33.9 Å². The second-order valence-electron chi connectivity index (χ2n) is 15.7. The second kappa shape index (κ2) is 19.5. The number of carbonyl (C=O) groups is 1. The van der Waals surface area contributed by atoms with Gasteiger partial charge in [0.1, 0.15) is 11.4 Å². The minimum Gasteiger partial charge on any atom is -0.359 e. The first-order chi connectivity index (χ1) is 29.4. The second-order valence-corrected chi connectivity index (χ2v) is 15.7. The summed E-state index contributed by atoms with van der Waals surface area (Å²) in [6.45, 7) is 15.6. The van der Waals surface area contributed by atoms with Crippen LogP contribution < -0.4 is 21.3 Å². The van der Waals surface area contributed by atoms with Gasteiger partial charge in [0.2, 0.25) is 0 Å². The van der Waals surface area contributed by atoms with Gasteiger partial charge in [-0.3, -0.25) is 0 Å². The number of hydrogen-bond donors (Lipinski definition) is 4. The molecule has 2 saturated heterocycles. The predicted octanol–water partition coefficient (Wildman–Crippen LogP) is 10.4. The molecule has 4 aromatic carbocycles. The molecular weight excluding hydrogens is 749 g/mol. The van der Waals surface area contributed by atoms with Crippen LogP contribution in [0.2, 0.25) is 0 Å². The highest BCUT2D eigenvalue weighted by Gasteiger charge is 2.14. The van der Waals surface area contributed by atoms with Crippen molar-refractivity contribution in [2.24, 2.45) is 0 Å². The molecule has 0 saturated carbocycles. The highest BCUT2D eigenvalue weighted by molar-refractivity contribution is 6.00. The first-order valence-electron chi connectivity index (χ1n) is 21.1. The fourth-order valence-corrected chi connectivity index (χ4v) is 7.88. The summed E-state index contributed by atoms with van der Waals surface area (Å²) in [5, 5.41) is 30.5. The normalized spacial score (nSPS) is 14.3. The van der Waals surface area contributed by atoms with E-state index in [4.69, 9.17) is 0 Å². The van der Waals surface area contributed by atoms with Gasteiger partial charge < -0.3 is 31.1 Å². The lowest BCUT2D eigenvalue weighted by molar-refractivity contribution is 0.262. The minimum absolute atomic E-state index is 0. The van der Waals surface area contributed by atoms with E-state index in [1.165, 1.54) is 51.9 Å². The molecule has 2 aliphatic rings. The first-order valence-corrected chi connectivity index (χ1v) is 21.1. The van der Waals surface area contributed by atoms with Crippen LogP contribution in [-0.2, 0) is 0 Å². The molecule has 60 heavy (non-hydrogen) atoms. The number of anilines is 4. The molecule has 6 aromatic rings. The number of urea groups is 1. The molecule has 0 unspecified atom stereocenters. The molecule has 316 valence electrons. The standard InChI is InChI=1S/C47H54N12O.4H2/c1-35(13-11-27-56-23-3-4-24-56)48-41-19-9-21-43(31-41)58-33-45(52-54-58)37-15-7-17-39(29-37)50-47(60)51-40-18-8-16-38(30-40)46-34-59(55-53-46)44-22-10-20-42(32-44)49-36(2)14-12-28-57-25-5-6-26-57;;;;/h7-10,15-22,29-34,48-49H,1-6,11-14,23-28H2,(H2,50,51,60);4*1H. The number of likely N-dealkylation sites (tertiary alicyclic amines) is 2. The van der Waals surface area contributed by atoms with Crippen LogP contribution >= 0.6 is 0 Å². The van der Waals surface area contributed by atoms with Crippen molar-refractivity contribution < 1.29 is 10.5 Å². The lowest BCUT2D eigenvalue weighted by Gasteiger charge is -2.15. The van der Waals surface area contributed by atoms with Crippen LogP contribution in [0.15, 0.2) is 134 Å². The lowest BCUT2D eigenvalue weighted by Crippen LogP contribution is -2.20. The third-order valence-corrected chi connectivity index (χ3v) is 11.0. The highest BCUT2D eigenvalue weighted by atomic mass is 16.2. The molecule has 0 spiro atoms. The van der Waals surface area contributed by atoms with Crippen molar-refractivity contribution in [3.05, 3.63) is 134 Å². The molecule has 13 heteroatoms. The van der Waals surface area contributed by atoms with Crippen molar-refractivity contribution in [1.29, 1.82) is 0 Å². The topological polar surface area (TPSA) is 133 Å². The average molecular weight is 811 g/mol. The summed E-state index contributed by atoms with van der Waals surface area (Å²) in [5.74, 6) is 0. The lowest BCUT2D eigenvalue weighted by atomic mass is 10.1. The first kappa shape index (κ1) is 40.2. The maximum absolute atomic E-state index is 13.2. The van der Waals surface area contributed by atoms with Gasteiger partial charge in [-0.15, -0.1) is 10.2 Å². The van der Waals surface area contributed by atoms with Crippen molar-refractivity contribution in [1.82, 2.24) is 39.8 Å². The number of nitrogens with zero attached hydrogens (tertiary/aromatic N) is 8. The van der Waals surface area contributed by atoms with E-state index >= 15 is 0 Å². The molecule has 2 fully saturated rings. The number of amides is 2. The van der Waals surface area contributed by atoms with Crippen LogP contribution in [0.1, 0.15) is 57.1 Å². The van der Waals surface area contributed by atoms with Crippen molar-refractivity contribution >= 4 is 28.8 Å². The quantitative estimate of drug-likeness (QED) is 0.0669. The number of rotatable bonds is 18. The van der Waals surface area contributed by atoms with E-state index in [2.05, 4.69) is 64.8 Å². The maximum atomic E-state index is 13.2. The Hall–Kier alpha value is -6.57. The minimum atomic E-state index is -0.375. The van der Waals surface area contributed by atoms with Gasteiger partial charge in [-0.1, -0.05) is 60.0 Å². The summed E-state index contributed by atoms with van der Waals surface area (Å²) in [4.78, 5) is 18.3. The van der Waals surface area contributed by atoms with Crippen molar-refractivity contribution in [2.45, 2.75) is 51.4 Å². The molecule has 2 aromatic heterocycles. The molecule has 2 amide bonds. The molecular formula is C47H62N12O. The van der Waals surface area contributed by atoms with Gasteiger partial charge in [0, 0.05) is 51.0 Å². The Morgan fingerprint density at radius 1 is 0.550 bits per heavy atom. The Bertz CT molecular complexity index is 2260.